The first kappa shape index (κ1) is 17.1. The molecule has 5 aliphatic rings. The normalized spacial score (nSPS) is 33.1. The lowest BCUT2D eigenvalue weighted by Gasteiger charge is -2.56. The maximum absolute atomic E-state index is 12.6. The van der Waals surface area contributed by atoms with Crippen LogP contribution >= 0.6 is 0 Å². The number of nitrogens with zero attached hydrogens (tertiary/aromatic N) is 1. The van der Waals surface area contributed by atoms with Crippen LogP contribution < -0.4 is 15.5 Å². The molecule has 1 aromatic rings. The Morgan fingerprint density at radius 2 is 1.78 bits per heavy atom. The minimum absolute atomic E-state index is 0.0252. The number of hydrogen-bond acceptors (Lipinski definition) is 2. The number of carbonyl (C=O) groups is 2. The van der Waals surface area contributed by atoms with E-state index in [1.165, 1.54) is 44.1 Å². The largest absolute Gasteiger partial charge is 0.334 e. The molecule has 2 N–H and O–H groups in total. The second-order valence-electron chi connectivity index (χ2n) is 9.39. The van der Waals surface area contributed by atoms with Gasteiger partial charge in [0.1, 0.15) is 0 Å². The number of anilines is 1. The summed E-state index contributed by atoms with van der Waals surface area (Å²) in [7, 11) is 0. The zero-order chi connectivity index (χ0) is 18.6. The van der Waals surface area contributed by atoms with Crippen LogP contribution in [0.2, 0.25) is 0 Å². The third kappa shape index (κ3) is 3.11. The first-order valence-electron chi connectivity index (χ1n) is 10.5. The van der Waals surface area contributed by atoms with Crippen molar-refractivity contribution < 1.29 is 9.59 Å². The van der Waals surface area contributed by atoms with Crippen molar-refractivity contribution in [1.82, 2.24) is 10.6 Å². The molecule has 4 bridgehead atoms. The van der Waals surface area contributed by atoms with Crippen LogP contribution in [0.15, 0.2) is 18.2 Å². The molecule has 5 nitrogen and oxygen atoms in total. The summed E-state index contributed by atoms with van der Waals surface area (Å²) < 4.78 is 0. The van der Waals surface area contributed by atoms with E-state index >= 15 is 0 Å². The van der Waals surface area contributed by atoms with Crippen LogP contribution in [0.4, 0.5) is 10.5 Å². The first-order valence-corrected chi connectivity index (χ1v) is 10.5. The van der Waals surface area contributed by atoms with Crippen LogP contribution in [-0.4, -0.2) is 24.0 Å². The molecular weight excluding hydrogens is 338 g/mol. The van der Waals surface area contributed by atoms with Gasteiger partial charge in [0.05, 0.1) is 0 Å². The van der Waals surface area contributed by atoms with Gasteiger partial charge in [0, 0.05) is 31.2 Å². The Balaban J connectivity index is 1.20. The summed E-state index contributed by atoms with van der Waals surface area (Å²) in [6, 6.07) is 6.13. The third-order valence-corrected chi connectivity index (χ3v) is 7.29. The fourth-order valence-electron chi connectivity index (χ4n) is 6.62. The quantitative estimate of drug-likeness (QED) is 0.860. The van der Waals surface area contributed by atoms with Gasteiger partial charge < -0.3 is 15.5 Å². The van der Waals surface area contributed by atoms with E-state index in [9.17, 15) is 9.59 Å². The Hall–Kier alpha value is -2.04. The molecule has 0 atom stereocenters. The van der Waals surface area contributed by atoms with E-state index in [-0.39, 0.29) is 17.5 Å². The SMILES string of the molecule is CC(=O)N1CCc2cc(CNC(=O)NC34CC5CC(CC(C5)C3)C4)ccc21. The van der Waals surface area contributed by atoms with E-state index in [4.69, 9.17) is 0 Å². The molecule has 1 aromatic carbocycles. The van der Waals surface area contributed by atoms with Crippen LogP contribution in [0.1, 0.15) is 56.6 Å². The number of amides is 3. The Kier molecular flexibility index (Phi) is 3.95. The van der Waals surface area contributed by atoms with Gasteiger partial charge in [-0.1, -0.05) is 12.1 Å². The molecule has 4 saturated carbocycles. The molecule has 5 heteroatoms. The fraction of sp³-hybridized carbons (Fsp3) is 0.636. The van der Waals surface area contributed by atoms with Gasteiger partial charge >= 0.3 is 6.03 Å². The highest BCUT2D eigenvalue weighted by Crippen LogP contribution is 2.55. The van der Waals surface area contributed by atoms with Crippen molar-refractivity contribution in [3.63, 3.8) is 0 Å². The molecule has 4 aliphatic carbocycles. The summed E-state index contributed by atoms with van der Waals surface area (Å²) in [4.78, 5) is 26.1. The number of benzene rings is 1. The summed E-state index contributed by atoms with van der Waals surface area (Å²) in [5.74, 6) is 2.59. The van der Waals surface area contributed by atoms with Crippen LogP contribution in [0.3, 0.4) is 0 Å². The molecule has 27 heavy (non-hydrogen) atoms. The molecule has 0 aromatic heterocycles. The number of nitrogens with one attached hydrogen (secondary N) is 2. The highest BCUT2D eigenvalue weighted by atomic mass is 16.2. The van der Waals surface area contributed by atoms with E-state index < -0.39 is 0 Å². The maximum Gasteiger partial charge on any atom is 0.315 e. The molecule has 4 fully saturated rings. The Labute approximate surface area is 160 Å². The monoisotopic (exact) mass is 367 g/mol. The van der Waals surface area contributed by atoms with Crippen molar-refractivity contribution in [3.05, 3.63) is 29.3 Å². The van der Waals surface area contributed by atoms with Crippen LogP contribution in [0.5, 0.6) is 0 Å². The van der Waals surface area contributed by atoms with Crippen molar-refractivity contribution >= 4 is 17.6 Å². The average molecular weight is 367 g/mol. The smallest absolute Gasteiger partial charge is 0.315 e. The lowest BCUT2D eigenvalue weighted by atomic mass is 9.53. The summed E-state index contributed by atoms with van der Waals surface area (Å²) >= 11 is 0. The second kappa shape index (κ2) is 6.25. The molecule has 144 valence electrons. The standard InChI is InChI=1S/C22H29N3O2/c1-14(26)25-5-4-19-9-15(2-3-20(19)25)13-23-21(27)24-22-10-16-6-17(11-22)8-18(7-16)12-22/h2-3,9,16-18H,4-8,10-13H2,1H3,(H2,23,24,27). The van der Waals surface area contributed by atoms with Gasteiger partial charge in [0.2, 0.25) is 5.91 Å². The van der Waals surface area contributed by atoms with Gasteiger partial charge in [-0.25, -0.2) is 4.79 Å². The second-order valence-corrected chi connectivity index (χ2v) is 9.39. The Bertz CT molecular complexity index is 752. The third-order valence-electron chi connectivity index (χ3n) is 7.29. The predicted molar refractivity (Wildman–Crippen MR) is 104 cm³/mol. The molecule has 1 aliphatic heterocycles. The molecular formula is C22H29N3O2. The minimum atomic E-state index is -0.0252. The summed E-state index contributed by atoms with van der Waals surface area (Å²) in [6.07, 6.45) is 8.56. The van der Waals surface area contributed by atoms with Gasteiger partial charge in [-0.2, -0.15) is 0 Å². The summed E-state index contributed by atoms with van der Waals surface area (Å²) in [6.45, 7) is 2.90. The molecule has 0 spiro atoms. The number of fused-ring (bicyclic) bond motifs is 1. The molecule has 0 unspecified atom stereocenters. The molecule has 3 amide bonds. The number of carbonyl (C=O) groups excluding carboxylic acids is 2. The lowest BCUT2D eigenvalue weighted by molar-refractivity contribution is -0.116. The summed E-state index contributed by atoms with van der Waals surface area (Å²) in [5.41, 5.74) is 3.37. The highest BCUT2D eigenvalue weighted by molar-refractivity contribution is 5.93. The van der Waals surface area contributed by atoms with Crippen LogP contribution in [0, 0.1) is 17.8 Å². The lowest BCUT2D eigenvalue weighted by Crippen LogP contribution is -2.61. The highest BCUT2D eigenvalue weighted by Gasteiger charge is 2.51. The fourth-order valence-corrected chi connectivity index (χ4v) is 6.62. The van der Waals surface area contributed by atoms with Crippen molar-refractivity contribution in [2.45, 2.75) is 64.0 Å². The minimum Gasteiger partial charge on any atom is -0.334 e. The Morgan fingerprint density at radius 1 is 1.11 bits per heavy atom. The molecule has 0 radical (unpaired) electrons. The predicted octanol–water partition coefficient (Wildman–Crippen LogP) is 3.36. The molecule has 0 saturated heterocycles. The van der Waals surface area contributed by atoms with E-state index in [0.29, 0.717) is 6.54 Å². The zero-order valence-corrected chi connectivity index (χ0v) is 16.1. The van der Waals surface area contributed by atoms with Gasteiger partial charge in [-0.15, -0.1) is 0 Å². The van der Waals surface area contributed by atoms with Gasteiger partial charge in [0.25, 0.3) is 0 Å². The van der Waals surface area contributed by atoms with E-state index in [1.807, 2.05) is 17.0 Å². The Morgan fingerprint density at radius 3 is 2.41 bits per heavy atom. The van der Waals surface area contributed by atoms with E-state index in [1.54, 1.807) is 6.92 Å². The van der Waals surface area contributed by atoms with Crippen molar-refractivity contribution in [3.8, 4) is 0 Å². The van der Waals surface area contributed by atoms with Crippen molar-refractivity contribution in [2.75, 3.05) is 11.4 Å². The first-order chi connectivity index (χ1) is 13.0. The maximum atomic E-state index is 12.6. The summed E-state index contributed by atoms with van der Waals surface area (Å²) in [5, 5.41) is 6.43. The average Bonchev–Trinajstić information content (AvgIpc) is 3.01. The van der Waals surface area contributed by atoms with Gasteiger partial charge in [-0.3, -0.25) is 4.79 Å². The number of rotatable bonds is 3. The van der Waals surface area contributed by atoms with Crippen LogP contribution in [-0.2, 0) is 17.8 Å². The van der Waals surface area contributed by atoms with E-state index in [0.717, 1.165) is 42.0 Å². The van der Waals surface area contributed by atoms with Gasteiger partial charge in [-0.05, 0) is 79.9 Å². The van der Waals surface area contributed by atoms with Crippen molar-refractivity contribution in [2.24, 2.45) is 17.8 Å². The van der Waals surface area contributed by atoms with Crippen LogP contribution in [0.25, 0.3) is 0 Å². The topological polar surface area (TPSA) is 61.4 Å². The molecule has 1 heterocycles. The van der Waals surface area contributed by atoms with Crippen molar-refractivity contribution in [1.29, 1.82) is 0 Å². The molecule has 6 rings (SSSR count). The zero-order valence-electron chi connectivity index (χ0n) is 16.1. The number of urea groups is 1. The van der Waals surface area contributed by atoms with Gasteiger partial charge in [0.15, 0.2) is 0 Å². The number of hydrogen-bond donors (Lipinski definition) is 2. The van der Waals surface area contributed by atoms with E-state index in [2.05, 4.69) is 16.7 Å².